The average Bonchev–Trinajstić information content (AvgIpc) is 2.52. The maximum Gasteiger partial charge on any atom is 0.0122 e. The van der Waals surface area contributed by atoms with Crippen LogP contribution in [-0.2, 0) is 0 Å². The van der Waals surface area contributed by atoms with E-state index in [1.165, 1.54) is 38.9 Å². The van der Waals surface area contributed by atoms with E-state index >= 15 is 0 Å². The second kappa shape index (κ2) is 3.97. The van der Waals surface area contributed by atoms with Gasteiger partial charge in [-0.05, 0) is 45.2 Å². The first-order valence-corrected chi connectivity index (χ1v) is 5.73. The van der Waals surface area contributed by atoms with Crippen LogP contribution in [0.3, 0.4) is 0 Å². The SMILES string of the molecule is CC1CCN(C2CCNC(C)C2)C1. The summed E-state index contributed by atoms with van der Waals surface area (Å²) in [6.45, 7) is 8.60. The Morgan fingerprint density at radius 1 is 1.23 bits per heavy atom. The van der Waals surface area contributed by atoms with E-state index in [-0.39, 0.29) is 0 Å². The third kappa shape index (κ3) is 2.23. The zero-order valence-corrected chi connectivity index (χ0v) is 8.92. The van der Waals surface area contributed by atoms with E-state index in [4.69, 9.17) is 0 Å². The molecule has 0 radical (unpaired) electrons. The number of nitrogens with one attached hydrogen (secondary N) is 1. The average molecular weight is 182 g/mol. The summed E-state index contributed by atoms with van der Waals surface area (Å²) in [6.07, 6.45) is 4.13. The highest BCUT2D eigenvalue weighted by molar-refractivity contribution is 4.85. The molecule has 0 aromatic carbocycles. The Kier molecular flexibility index (Phi) is 2.89. The summed E-state index contributed by atoms with van der Waals surface area (Å²) in [7, 11) is 0. The molecule has 2 nitrogen and oxygen atoms in total. The van der Waals surface area contributed by atoms with Gasteiger partial charge in [-0.2, -0.15) is 0 Å². The summed E-state index contributed by atoms with van der Waals surface area (Å²) < 4.78 is 0. The minimum absolute atomic E-state index is 0.731. The zero-order chi connectivity index (χ0) is 9.26. The molecule has 0 aliphatic carbocycles. The summed E-state index contributed by atoms with van der Waals surface area (Å²) >= 11 is 0. The lowest BCUT2D eigenvalue weighted by Crippen LogP contribution is -2.46. The molecule has 2 heterocycles. The maximum atomic E-state index is 3.52. The van der Waals surface area contributed by atoms with Crippen LogP contribution < -0.4 is 5.32 Å². The van der Waals surface area contributed by atoms with Gasteiger partial charge in [-0.1, -0.05) is 6.92 Å². The minimum atomic E-state index is 0.731. The van der Waals surface area contributed by atoms with Gasteiger partial charge in [0.1, 0.15) is 0 Å². The fourth-order valence-electron chi connectivity index (χ4n) is 2.74. The molecule has 1 N–H and O–H groups in total. The van der Waals surface area contributed by atoms with Crippen LogP contribution in [0.15, 0.2) is 0 Å². The van der Waals surface area contributed by atoms with Crippen LogP contribution in [0, 0.1) is 5.92 Å². The van der Waals surface area contributed by atoms with E-state index in [2.05, 4.69) is 24.1 Å². The highest BCUT2D eigenvalue weighted by atomic mass is 15.2. The molecule has 3 atom stereocenters. The fourth-order valence-corrected chi connectivity index (χ4v) is 2.74. The van der Waals surface area contributed by atoms with Gasteiger partial charge in [0.2, 0.25) is 0 Å². The second-order valence-corrected chi connectivity index (χ2v) is 4.92. The van der Waals surface area contributed by atoms with Crippen LogP contribution in [-0.4, -0.2) is 36.6 Å². The Morgan fingerprint density at radius 2 is 2.08 bits per heavy atom. The van der Waals surface area contributed by atoms with Gasteiger partial charge in [-0.25, -0.2) is 0 Å². The Hall–Kier alpha value is -0.0800. The molecule has 0 amide bonds. The predicted octanol–water partition coefficient (Wildman–Crippen LogP) is 1.47. The topological polar surface area (TPSA) is 15.3 Å². The molecule has 13 heavy (non-hydrogen) atoms. The summed E-state index contributed by atoms with van der Waals surface area (Å²) in [5.74, 6) is 0.935. The summed E-state index contributed by atoms with van der Waals surface area (Å²) in [5.41, 5.74) is 0. The number of hydrogen-bond donors (Lipinski definition) is 1. The van der Waals surface area contributed by atoms with Crippen molar-refractivity contribution < 1.29 is 0 Å². The first kappa shape index (κ1) is 9.47. The molecule has 2 aliphatic rings. The first-order valence-electron chi connectivity index (χ1n) is 5.73. The lowest BCUT2D eigenvalue weighted by atomic mass is 9.99. The summed E-state index contributed by atoms with van der Waals surface area (Å²) in [6, 6.07) is 1.61. The highest BCUT2D eigenvalue weighted by Crippen LogP contribution is 2.23. The van der Waals surface area contributed by atoms with Crippen LogP contribution in [0.5, 0.6) is 0 Å². The van der Waals surface area contributed by atoms with Crippen molar-refractivity contribution in [2.45, 2.75) is 45.2 Å². The molecule has 76 valence electrons. The van der Waals surface area contributed by atoms with E-state index < -0.39 is 0 Å². The predicted molar refractivity (Wildman–Crippen MR) is 55.8 cm³/mol. The first-order chi connectivity index (χ1) is 6.25. The summed E-state index contributed by atoms with van der Waals surface area (Å²) in [5, 5.41) is 3.52. The zero-order valence-electron chi connectivity index (χ0n) is 8.92. The van der Waals surface area contributed by atoms with Crippen LogP contribution in [0.2, 0.25) is 0 Å². The van der Waals surface area contributed by atoms with E-state index in [1.807, 2.05) is 0 Å². The molecular formula is C11H22N2. The van der Waals surface area contributed by atoms with Crippen LogP contribution >= 0.6 is 0 Å². The molecule has 2 saturated heterocycles. The van der Waals surface area contributed by atoms with Gasteiger partial charge in [0, 0.05) is 18.6 Å². The standard InChI is InChI=1S/C11H22N2/c1-9-4-6-13(8-9)11-3-5-12-10(2)7-11/h9-12H,3-8H2,1-2H3. The quantitative estimate of drug-likeness (QED) is 0.660. The molecule has 0 bridgehead atoms. The Balaban J connectivity index is 1.85. The van der Waals surface area contributed by atoms with Crippen molar-refractivity contribution in [3.63, 3.8) is 0 Å². The molecule has 0 aromatic rings. The molecule has 0 aromatic heterocycles. The molecule has 2 aliphatic heterocycles. The molecule has 3 unspecified atom stereocenters. The lowest BCUT2D eigenvalue weighted by molar-refractivity contribution is 0.174. The highest BCUT2D eigenvalue weighted by Gasteiger charge is 2.28. The monoisotopic (exact) mass is 182 g/mol. The largest absolute Gasteiger partial charge is 0.314 e. The number of piperidine rings is 1. The van der Waals surface area contributed by atoms with Crippen molar-refractivity contribution in [2.75, 3.05) is 19.6 Å². The lowest BCUT2D eigenvalue weighted by Gasteiger charge is -2.34. The van der Waals surface area contributed by atoms with Crippen molar-refractivity contribution in [3.8, 4) is 0 Å². The van der Waals surface area contributed by atoms with Crippen molar-refractivity contribution in [1.82, 2.24) is 10.2 Å². The van der Waals surface area contributed by atoms with E-state index in [9.17, 15) is 0 Å². The van der Waals surface area contributed by atoms with E-state index in [0.29, 0.717) is 0 Å². The van der Waals surface area contributed by atoms with Crippen LogP contribution in [0.4, 0.5) is 0 Å². The number of likely N-dealkylation sites (tertiary alicyclic amines) is 1. The maximum absolute atomic E-state index is 3.52. The van der Waals surface area contributed by atoms with Crippen molar-refractivity contribution in [2.24, 2.45) is 5.92 Å². The van der Waals surface area contributed by atoms with Gasteiger partial charge in [-0.15, -0.1) is 0 Å². The third-order valence-corrected chi connectivity index (χ3v) is 3.57. The van der Waals surface area contributed by atoms with Crippen molar-refractivity contribution in [3.05, 3.63) is 0 Å². The van der Waals surface area contributed by atoms with Gasteiger partial charge in [0.05, 0.1) is 0 Å². The van der Waals surface area contributed by atoms with Gasteiger partial charge in [-0.3, -0.25) is 0 Å². The van der Waals surface area contributed by atoms with Gasteiger partial charge in [0.15, 0.2) is 0 Å². The van der Waals surface area contributed by atoms with Crippen LogP contribution in [0.1, 0.15) is 33.1 Å². The van der Waals surface area contributed by atoms with E-state index in [1.54, 1.807) is 0 Å². The number of rotatable bonds is 1. The Labute approximate surface area is 81.7 Å². The van der Waals surface area contributed by atoms with Crippen molar-refractivity contribution in [1.29, 1.82) is 0 Å². The summed E-state index contributed by atoms with van der Waals surface area (Å²) in [4.78, 5) is 2.71. The smallest absolute Gasteiger partial charge is 0.0122 e. The normalized spacial score (nSPS) is 42.5. The van der Waals surface area contributed by atoms with Gasteiger partial charge in [0.25, 0.3) is 0 Å². The molecular weight excluding hydrogens is 160 g/mol. The minimum Gasteiger partial charge on any atom is -0.314 e. The third-order valence-electron chi connectivity index (χ3n) is 3.57. The molecule has 0 spiro atoms. The molecule has 2 heteroatoms. The molecule has 2 fully saturated rings. The number of nitrogens with zero attached hydrogens (tertiary/aromatic N) is 1. The molecule has 0 saturated carbocycles. The Bertz CT molecular complexity index is 169. The van der Waals surface area contributed by atoms with E-state index in [0.717, 1.165) is 18.0 Å². The number of hydrogen-bond acceptors (Lipinski definition) is 2. The van der Waals surface area contributed by atoms with Gasteiger partial charge < -0.3 is 10.2 Å². The molecule has 2 rings (SSSR count). The van der Waals surface area contributed by atoms with Crippen LogP contribution in [0.25, 0.3) is 0 Å². The second-order valence-electron chi connectivity index (χ2n) is 4.92. The fraction of sp³-hybridized carbons (Fsp3) is 1.00. The van der Waals surface area contributed by atoms with Gasteiger partial charge >= 0.3 is 0 Å². The Morgan fingerprint density at radius 3 is 2.69 bits per heavy atom. The van der Waals surface area contributed by atoms with Crippen molar-refractivity contribution >= 4 is 0 Å².